The van der Waals surface area contributed by atoms with Gasteiger partial charge in [0.05, 0.1) is 10.2 Å². The van der Waals surface area contributed by atoms with Crippen LogP contribution in [0.4, 0.5) is 11.6 Å². The summed E-state index contributed by atoms with van der Waals surface area (Å²) in [7, 11) is 0. The zero-order chi connectivity index (χ0) is 9.97. The summed E-state index contributed by atoms with van der Waals surface area (Å²) < 4.78 is 0.880. The highest BCUT2D eigenvalue weighted by Crippen LogP contribution is 2.22. The molecule has 2 aromatic rings. The highest BCUT2D eigenvalue weighted by atomic mass is 79.9. The SMILES string of the molecule is Cc1cscc1Nc1ncc(Br)cn1. The Hall–Kier alpha value is -0.940. The van der Waals surface area contributed by atoms with Crippen LogP contribution < -0.4 is 5.32 Å². The fourth-order valence-electron chi connectivity index (χ4n) is 0.986. The van der Waals surface area contributed by atoms with Gasteiger partial charge in [-0.1, -0.05) is 0 Å². The fourth-order valence-corrected chi connectivity index (χ4v) is 1.97. The van der Waals surface area contributed by atoms with Crippen molar-refractivity contribution in [3.8, 4) is 0 Å². The third-order valence-corrected chi connectivity index (χ3v) is 2.99. The van der Waals surface area contributed by atoms with Crippen molar-refractivity contribution in [2.24, 2.45) is 0 Å². The Bertz CT molecular complexity index is 424. The van der Waals surface area contributed by atoms with Crippen molar-refractivity contribution >= 4 is 38.9 Å². The van der Waals surface area contributed by atoms with Crippen LogP contribution in [0.3, 0.4) is 0 Å². The van der Waals surface area contributed by atoms with E-state index in [9.17, 15) is 0 Å². The van der Waals surface area contributed by atoms with Crippen LogP contribution in [0.1, 0.15) is 5.56 Å². The molecule has 3 nitrogen and oxygen atoms in total. The van der Waals surface area contributed by atoms with Crippen molar-refractivity contribution in [2.75, 3.05) is 5.32 Å². The van der Waals surface area contributed by atoms with Gasteiger partial charge < -0.3 is 5.32 Å². The Balaban J connectivity index is 2.19. The summed E-state index contributed by atoms with van der Waals surface area (Å²) in [5.74, 6) is 0.620. The second kappa shape index (κ2) is 4.06. The molecule has 0 unspecified atom stereocenters. The summed E-state index contributed by atoms with van der Waals surface area (Å²) in [5.41, 5.74) is 2.28. The first kappa shape index (κ1) is 9.61. The zero-order valence-electron chi connectivity index (χ0n) is 7.49. The number of halogens is 1. The van der Waals surface area contributed by atoms with Gasteiger partial charge in [-0.25, -0.2) is 9.97 Å². The summed E-state index contributed by atoms with van der Waals surface area (Å²) in [6.45, 7) is 2.05. The van der Waals surface area contributed by atoms with Gasteiger partial charge in [-0.3, -0.25) is 0 Å². The first-order valence-electron chi connectivity index (χ1n) is 4.03. The predicted molar refractivity (Wildman–Crippen MR) is 62.1 cm³/mol. The van der Waals surface area contributed by atoms with Crippen LogP contribution in [0.5, 0.6) is 0 Å². The van der Waals surface area contributed by atoms with Crippen molar-refractivity contribution in [2.45, 2.75) is 6.92 Å². The normalized spacial score (nSPS) is 10.1. The van der Waals surface area contributed by atoms with Crippen molar-refractivity contribution < 1.29 is 0 Å². The van der Waals surface area contributed by atoms with E-state index in [1.54, 1.807) is 23.7 Å². The summed E-state index contributed by atoms with van der Waals surface area (Å²) >= 11 is 4.95. The molecule has 0 atom stereocenters. The second-order valence-corrected chi connectivity index (χ2v) is 4.48. The molecule has 14 heavy (non-hydrogen) atoms. The highest BCUT2D eigenvalue weighted by Gasteiger charge is 2.00. The number of thiophene rings is 1. The lowest BCUT2D eigenvalue weighted by Crippen LogP contribution is -1.95. The summed E-state index contributed by atoms with van der Waals surface area (Å²) in [6, 6.07) is 0. The van der Waals surface area contributed by atoms with Crippen LogP contribution >= 0.6 is 27.3 Å². The number of hydrogen-bond donors (Lipinski definition) is 1. The fraction of sp³-hybridized carbons (Fsp3) is 0.111. The molecule has 2 heterocycles. The van der Waals surface area contributed by atoms with Gasteiger partial charge in [-0.15, -0.1) is 11.3 Å². The molecule has 0 amide bonds. The second-order valence-electron chi connectivity index (χ2n) is 2.82. The minimum Gasteiger partial charge on any atom is -0.323 e. The Morgan fingerprint density at radius 3 is 2.57 bits per heavy atom. The van der Waals surface area contributed by atoms with Gasteiger partial charge in [-0.05, 0) is 33.8 Å². The monoisotopic (exact) mass is 269 g/mol. The third-order valence-electron chi connectivity index (χ3n) is 1.72. The van der Waals surface area contributed by atoms with Gasteiger partial charge in [0, 0.05) is 17.8 Å². The molecule has 72 valence electrons. The van der Waals surface area contributed by atoms with Crippen LogP contribution in [0.15, 0.2) is 27.6 Å². The van der Waals surface area contributed by atoms with Gasteiger partial charge >= 0.3 is 0 Å². The average molecular weight is 270 g/mol. The van der Waals surface area contributed by atoms with Crippen molar-refractivity contribution in [1.82, 2.24) is 9.97 Å². The first-order chi connectivity index (χ1) is 6.75. The Kier molecular flexibility index (Phi) is 2.79. The van der Waals surface area contributed by atoms with Crippen molar-refractivity contribution in [1.29, 1.82) is 0 Å². The van der Waals surface area contributed by atoms with E-state index in [1.165, 1.54) is 5.56 Å². The van der Waals surface area contributed by atoms with Gasteiger partial charge in [0.1, 0.15) is 0 Å². The molecule has 0 fully saturated rings. The maximum absolute atomic E-state index is 4.13. The lowest BCUT2D eigenvalue weighted by molar-refractivity contribution is 1.15. The standard InChI is InChI=1S/C9H8BrN3S/c1-6-4-14-5-8(6)13-9-11-2-7(10)3-12-9/h2-5H,1H3,(H,11,12,13). The number of hydrogen-bond acceptors (Lipinski definition) is 4. The van der Waals surface area contributed by atoms with Gasteiger partial charge in [0.15, 0.2) is 0 Å². The van der Waals surface area contributed by atoms with E-state index in [1.807, 2.05) is 5.38 Å². The lowest BCUT2D eigenvalue weighted by atomic mass is 10.3. The Morgan fingerprint density at radius 1 is 1.29 bits per heavy atom. The van der Waals surface area contributed by atoms with Gasteiger partial charge in [0.25, 0.3) is 0 Å². The lowest BCUT2D eigenvalue weighted by Gasteiger charge is -2.02. The molecular weight excluding hydrogens is 262 g/mol. The molecule has 0 saturated carbocycles. The molecule has 0 saturated heterocycles. The number of aryl methyl sites for hydroxylation is 1. The van der Waals surface area contributed by atoms with Crippen LogP contribution in [0.25, 0.3) is 0 Å². The molecule has 0 aliphatic heterocycles. The topological polar surface area (TPSA) is 37.8 Å². The first-order valence-corrected chi connectivity index (χ1v) is 5.76. The van der Waals surface area contributed by atoms with Crippen LogP contribution in [-0.4, -0.2) is 9.97 Å². The van der Waals surface area contributed by atoms with E-state index in [0.29, 0.717) is 5.95 Å². The van der Waals surface area contributed by atoms with Crippen LogP contribution in [-0.2, 0) is 0 Å². The molecule has 0 aliphatic carbocycles. The van der Waals surface area contributed by atoms with E-state index >= 15 is 0 Å². The summed E-state index contributed by atoms with van der Waals surface area (Å²) in [6.07, 6.45) is 3.44. The Labute approximate surface area is 94.4 Å². The van der Waals surface area contributed by atoms with Gasteiger partial charge in [-0.2, -0.15) is 0 Å². The smallest absolute Gasteiger partial charge is 0.227 e. The van der Waals surface area contributed by atoms with Crippen molar-refractivity contribution in [3.05, 3.63) is 33.2 Å². The summed E-state index contributed by atoms with van der Waals surface area (Å²) in [4.78, 5) is 8.26. The molecule has 0 aromatic carbocycles. The highest BCUT2D eigenvalue weighted by molar-refractivity contribution is 9.10. The Morgan fingerprint density at radius 2 is 2.00 bits per heavy atom. The van der Waals surface area contributed by atoms with E-state index in [0.717, 1.165) is 10.2 Å². The number of rotatable bonds is 2. The molecule has 0 bridgehead atoms. The molecule has 0 radical (unpaired) electrons. The van der Waals surface area contributed by atoms with Crippen LogP contribution in [0, 0.1) is 6.92 Å². The molecule has 1 N–H and O–H groups in total. The number of nitrogens with one attached hydrogen (secondary N) is 1. The van der Waals surface area contributed by atoms with E-state index in [-0.39, 0.29) is 0 Å². The zero-order valence-corrected chi connectivity index (χ0v) is 9.89. The maximum atomic E-state index is 4.13. The molecule has 2 aromatic heterocycles. The van der Waals surface area contributed by atoms with E-state index in [4.69, 9.17) is 0 Å². The maximum Gasteiger partial charge on any atom is 0.227 e. The quantitative estimate of drug-likeness (QED) is 0.909. The predicted octanol–water partition coefficient (Wildman–Crippen LogP) is 3.35. The third kappa shape index (κ3) is 2.10. The van der Waals surface area contributed by atoms with Crippen LogP contribution in [0.2, 0.25) is 0 Å². The minimum absolute atomic E-state index is 0.620. The number of nitrogens with zero attached hydrogens (tertiary/aromatic N) is 2. The molecule has 5 heteroatoms. The average Bonchev–Trinajstić information content (AvgIpc) is 2.56. The molecule has 2 rings (SSSR count). The molecule has 0 aliphatic rings. The largest absolute Gasteiger partial charge is 0.323 e. The number of aromatic nitrogens is 2. The van der Waals surface area contributed by atoms with E-state index in [2.05, 4.69) is 43.5 Å². The molecular formula is C9H8BrN3S. The minimum atomic E-state index is 0.620. The van der Waals surface area contributed by atoms with Gasteiger partial charge in [0.2, 0.25) is 5.95 Å². The van der Waals surface area contributed by atoms with E-state index < -0.39 is 0 Å². The molecule has 0 spiro atoms. The number of anilines is 2. The summed E-state index contributed by atoms with van der Waals surface area (Å²) in [5, 5.41) is 7.27. The van der Waals surface area contributed by atoms with Crippen molar-refractivity contribution in [3.63, 3.8) is 0 Å².